The molecule has 0 fully saturated rings. The van der Waals surface area contributed by atoms with E-state index >= 15 is 0 Å². The van der Waals surface area contributed by atoms with Crippen LogP contribution in [-0.4, -0.2) is 17.2 Å². The molecular weight excluding hydrogens is 359 g/mol. The fraction of sp³-hybridized carbons (Fsp3) is 0.231. The molecule has 0 spiro atoms. The Hall–Kier alpha value is -1.57. The van der Waals surface area contributed by atoms with Gasteiger partial charge in [-0.05, 0) is 54.6 Å². The van der Waals surface area contributed by atoms with Crippen LogP contribution in [0.25, 0.3) is 0 Å². The minimum absolute atomic E-state index is 0.271. The van der Waals surface area contributed by atoms with Gasteiger partial charge in [0, 0.05) is 9.64 Å². The van der Waals surface area contributed by atoms with Crippen LogP contribution in [-0.2, 0) is 4.79 Å². The van der Waals surface area contributed by atoms with Crippen LogP contribution in [0.15, 0.2) is 34.9 Å². The highest BCUT2D eigenvalue weighted by molar-refractivity contribution is 14.1. The molecule has 1 N–H and O–H groups in total. The van der Waals surface area contributed by atoms with Gasteiger partial charge in [-0.3, -0.25) is 4.79 Å². The van der Waals surface area contributed by atoms with Crippen LogP contribution in [0.5, 0.6) is 5.75 Å². The number of amides is 1. The molecule has 0 saturated heterocycles. The molecule has 100 valence electrons. The Morgan fingerprint density at radius 1 is 1.47 bits per heavy atom. The maximum Gasteiger partial charge on any atom is 0.266 e. The topological polar surface area (TPSA) is 64.4 Å². The van der Waals surface area contributed by atoms with E-state index in [9.17, 15) is 4.79 Å². The second-order valence-corrected chi connectivity index (χ2v) is 5.28. The smallest absolute Gasteiger partial charge is 0.266 e. The summed E-state index contributed by atoms with van der Waals surface area (Å²) in [4.78, 5) is 11.9. The number of hydrogen-bond acceptors (Lipinski definition) is 4. The number of halogens is 1. The Morgan fingerprint density at radius 2 is 2.26 bits per heavy atom. The number of rotatable bonds is 4. The van der Waals surface area contributed by atoms with Crippen molar-refractivity contribution in [1.29, 1.82) is 0 Å². The average Bonchev–Trinajstić information content (AvgIpc) is 2.74. The normalized spacial score (nSPS) is 11.9. The average molecular weight is 372 g/mol. The number of hydrogen-bond donors (Lipinski definition) is 1. The zero-order chi connectivity index (χ0) is 13.8. The van der Waals surface area contributed by atoms with Gasteiger partial charge in [-0.15, -0.1) is 0 Å². The van der Waals surface area contributed by atoms with Crippen molar-refractivity contribution in [2.45, 2.75) is 20.0 Å². The molecular formula is C13H13IN2O3. The first-order chi connectivity index (χ1) is 9.04. The fourth-order valence-electron chi connectivity index (χ4n) is 1.45. The van der Waals surface area contributed by atoms with Crippen molar-refractivity contribution in [2.75, 3.05) is 5.32 Å². The monoisotopic (exact) mass is 372 g/mol. The second-order valence-electron chi connectivity index (χ2n) is 4.03. The molecule has 1 aromatic heterocycles. The summed E-state index contributed by atoms with van der Waals surface area (Å²) in [5.74, 6) is 1.42. The molecule has 1 atom stereocenters. The minimum atomic E-state index is -0.616. The lowest BCUT2D eigenvalue weighted by Crippen LogP contribution is -2.30. The molecule has 0 radical (unpaired) electrons. The highest BCUT2D eigenvalue weighted by Gasteiger charge is 2.16. The van der Waals surface area contributed by atoms with Crippen LogP contribution >= 0.6 is 22.6 Å². The van der Waals surface area contributed by atoms with Crippen LogP contribution in [0.4, 0.5) is 5.82 Å². The molecule has 0 bridgehead atoms. The van der Waals surface area contributed by atoms with E-state index in [0.717, 1.165) is 3.57 Å². The molecule has 0 unspecified atom stereocenters. The molecule has 0 aliphatic rings. The van der Waals surface area contributed by atoms with Gasteiger partial charge < -0.3 is 14.6 Å². The van der Waals surface area contributed by atoms with Crippen molar-refractivity contribution in [3.05, 3.63) is 39.7 Å². The van der Waals surface area contributed by atoms with Crippen molar-refractivity contribution >= 4 is 34.3 Å². The predicted molar refractivity (Wildman–Crippen MR) is 79.1 cm³/mol. The van der Waals surface area contributed by atoms with Crippen LogP contribution in [0.1, 0.15) is 12.7 Å². The number of carbonyl (C=O) groups is 1. The zero-order valence-electron chi connectivity index (χ0n) is 10.5. The highest BCUT2D eigenvalue weighted by Crippen LogP contribution is 2.17. The Morgan fingerprint density at radius 3 is 2.89 bits per heavy atom. The van der Waals surface area contributed by atoms with Gasteiger partial charge in [-0.25, -0.2) is 0 Å². The molecule has 2 aromatic rings. The van der Waals surface area contributed by atoms with E-state index in [4.69, 9.17) is 9.26 Å². The van der Waals surface area contributed by atoms with E-state index in [-0.39, 0.29) is 5.91 Å². The summed E-state index contributed by atoms with van der Waals surface area (Å²) < 4.78 is 11.5. The molecule has 0 aliphatic carbocycles. The number of carbonyl (C=O) groups excluding carboxylic acids is 1. The maximum atomic E-state index is 11.9. The van der Waals surface area contributed by atoms with Gasteiger partial charge in [0.1, 0.15) is 11.5 Å². The standard InChI is InChI=1S/C13H13IN2O3/c1-8-6-12(16-19-8)15-13(17)9(2)18-11-5-3-4-10(14)7-11/h3-7,9H,1-2H3,(H,15,16,17)/t9-/m1/s1. The van der Waals surface area contributed by atoms with Crippen molar-refractivity contribution < 1.29 is 14.1 Å². The summed E-state index contributed by atoms with van der Waals surface area (Å²) in [6.07, 6.45) is -0.616. The SMILES string of the molecule is Cc1cc(NC(=O)[C@@H](C)Oc2cccc(I)c2)no1. The van der Waals surface area contributed by atoms with E-state index in [1.165, 1.54) is 0 Å². The second kappa shape index (κ2) is 6.05. The third-order valence-corrected chi connectivity index (χ3v) is 3.03. The van der Waals surface area contributed by atoms with Gasteiger partial charge in [-0.2, -0.15) is 0 Å². The molecule has 6 heteroatoms. The lowest BCUT2D eigenvalue weighted by molar-refractivity contribution is -0.122. The Bertz CT molecular complexity index is 583. The third-order valence-electron chi connectivity index (χ3n) is 2.36. The lowest BCUT2D eigenvalue weighted by Gasteiger charge is -2.13. The van der Waals surface area contributed by atoms with Gasteiger partial charge >= 0.3 is 0 Å². The van der Waals surface area contributed by atoms with Crippen LogP contribution in [0.2, 0.25) is 0 Å². The number of nitrogens with one attached hydrogen (secondary N) is 1. The van der Waals surface area contributed by atoms with E-state index in [0.29, 0.717) is 17.3 Å². The minimum Gasteiger partial charge on any atom is -0.481 e. The van der Waals surface area contributed by atoms with Crippen molar-refractivity contribution in [1.82, 2.24) is 5.16 Å². The zero-order valence-corrected chi connectivity index (χ0v) is 12.7. The first-order valence-corrected chi connectivity index (χ1v) is 6.79. The Balaban J connectivity index is 1.96. The van der Waals surface area contributed by atoms with Crippen LogP contribution < -0.4 is 10.1 Å². The van der Waals surface area contributed by atoms with Crippen LogP contribution in [0.3, 0.4) is 0 Å². The molecule has 0 aliphatic heterocycles. The van der Waals surface area contributed by atoms with Crippen molar-refractivity contribution in [3.63, 3.8) is 0 Å². The summed E-state index contributed by atoms with van der Waals surface area (Å²) >= 11 is 2.19. The number of benzene rings is 1. The Labute approximate surface area is 124 Å². The first kappa shape index (κ1) is 13.9. The summed E-state index contributed by atoms with van der Waals surface area (Å²) in [7, 11) is 0. The van der Waals surface area contributed by atoms with Crippen molar-refractivity contribution in [3.8, 4) is 5.75 Å². The van der Waals surface area contributed by atoms with Gasteiger partial charge in [0.2, 0.25) is 0 Å². The largest absolute Gasteiger partial charge is 0.481 e. The molecule has 1 aromatic carbocycles. The molecule has 19 heavy (non-hydrogen) atoms. The van der Waals surface area contributed by atoms with Crippen molar-refractivity contribution in [2.24, 2.45) is 0 Å². The van der Waals surface area contributed by atoms with E-state index in [2.05, 4.69) is 33.1 Å². The number of anilines is 1. The molecule has 0 saturated carbocycles. The number of aromatic nitrogens is 1. The molecule has 1 heterocycles. The quantitative estimate of drug-likeness (QED) is 0.839. The van der Waals surface area contributed by atoms with Gasteiger partial charge in [0.05, 0.1) is 0 Å². The molecule has 2 rings (SSSR count). The summed E-state index contributed by atoms with van der Waals surface area (Å²) in [5, 5.41) is 6.32. The highest BCUT2D eigenvalue weighted by atomic mass is 127. The van der Waals surface area contributed by atoms with E-state index < -0.39 is 6.10 Å². The Kier molecular flexibility index (Phi) is 4.41. The van der Waals surface area contributed by atoms with Crippen LogP contribution in [0, 0.1) is 10.5 Å². The molecule has 5 nitrogen and oxygen atoms in total. The van der Waals surface area contributed by atoms with Gasteiger partial charge in [0.15, 0.2) is 11.9 Å². The van der Waals surface area contributed by atoms with Gasteiger partial charge in [-0.1, -0.05) is 11.2 Å². The third kappa shape index (κ3) is 3.95. The number of ether oxygens (including phenoxy) is 1. The fourth-order valence-corrected chi connectivity index (χ4v) is 1.97. The molecule has 1 amide bonds. The summed E-state index contributed by atoms with van der Waals surface area (Å²) in [6, 6.07) is 9.16. The van der Waals surface area contributed by atoms with E-state index in [1.807, 2.05) is 24.3 Å². The number of aryl methyl sites for hydroxylation is 1. The van der Waals surface area contributed by atoms with Gasteiger partial charge in [0.25, 0.3) is 5.91 Å². The first-order valence-electron chi connectivity index (χ1n) is 5.71. The maximum absolute atomic E-state index is 11.9. The predicted octanol–water partition coefficient (Wildman–Crippen LogP) is 2.99. The number of nitrogens with zero attached hydrogens (tertiary/aromatic N) is 1. The summed E-state index contributed by atoms with van der Waals surface area (Å²) in [5.41, 5.74) is 0. The summed E-state index contributed by atoms with van der Waals surface area (Å²) in [6.45, 7) is 3.44. The van der Waals surface area contributed by atoms with E-state index in [1.54, 1.807) is 19.9 Å². The lowest BCUT2D eigenvalue weighted by atomic mass is 10.3.